The Morgan fingerprint density at radius 3 is 2.80 bits per heavy atom. The molecule has 0 saturated heterocycles. The number of hydrogen-bond donors (Lipinski definition) is 1. The van der Waals surface area contributed by atoms with Gasteiger partial charge in [0, 0.05) is 22.5 Å². The Kier molecular flexibility index (Phi) is 5.66. The molecule has 0 radical (unpaired) electrons. The first-order valence-corrected chi connectivity index (χ1v) is 7.96. The molecule has 0 aliphatic carbocycles. The highest BCUT2D eigenvalue weighted by atomic mass is 35.5. The molecule has 20 heavy (non-hydrogen) atoms. The molecule has 0 unspecified atom stereocenters. The van der Waals surface area contributed by atoms with Crippen molar-refractivity contribution in [1.29, 1.82) is 0 Å². The smallest absolute Gasteiger partial charge is 0.143 e. The summed E-state index contributed by atoms with van der Waals surface area (Å²) in [5.41, 5.74) is 1.87. The maximum atomic E-state index is 6.21. The SMILES string of the molecule is CCc1nc(COc2c(Cl)cc(Cl)cc2CNC)cs1. The second kappa shape index (κ2) is 7.27. The highest BCUT2D eigenvalue weighted by molar-refractivity contribution is 7.09. The average molecular weight is 331 g/mol. The van der Waals surface area contributed by atoms with E-state index in [2.05, 4.69) is 17.2 Å². The second-order valence-corrected chi connectivity index (χ2v) is 6.07. The van der Waals surface area contributed by atoms with Crippen LogP contribution in [0.1, 0.15) is 23.2 Å². The van der Waals surface area contributed by atoms with Crippen molar-refractivity contribution in [2.24, 2.45) is 0 Å². The van der Waals surface area contributed by atoms with E-state index in [0.717, 1.165) is 22.7 Å². The van der Waals surface area contributed by atoms with Crippen LogP contribution in [0.5, 0.6) is 5.75 Å². The van der Waals surface area contributed by atoms with Crippen LogP contribution in [0, 0.1) is 0 Å². The van der Waals surface area contributed by atoms with E-state index in [-0.39, 0.29) is 0 Å². The van der Waals surface area contributed by atoms with Gasteiger partial charge in [0.1, 0.15) is 12.4 Å². The van der Waals surface area contributed by atoms with Crippen LogP contribution in [0.25, 0.3) is 0 Å². The fourth-order valence-electron chi connectivity index (χ4n) is 1.82. The van der Waals surface area contributed by atoms with Gasteiger partial charge in [0.15, 0.2) is 0 Å². The van der Waals surface area contributed by atoms with E-state index in [0.29, 0.717) is 28.9 Å². The number of aryl methyl sites for hydroxylation is 1. The van der Waals surface area contributed by atoms with Gasteiger partial charge in [-0.1, -0.05) is 30.1 Å². The molecule has 108 valence electrons. The van der Waals surface area contributed by atoms with Crippen molar-refractivity contribution in [2.45, 2.75) is 26.5 Å². The molecule has 0 spiro atoms. The zero-order chi connectivity index (χ0) is 14.5. The number of hydrogen-bond acceptors (Lipinski definition) is 4. The molecule has 2 rings (SSSR count). The number of nitrogens with one attached hydrogen (secondary N) is 1. The molecule has 0 saturated carbocycles. The molecular formula is C14H16Cl2N2OS. The van der Waals surface area contributed by atoms with Crippen molar-refractivity contribution in [2.75, 3.05) is 7.05 Å². The van der Waals surface area contributed by atoms with Crippen LogP contribution in [0.2, 0.25) is 10.0 Å². The molecule has 0 amide bonds. The maximum Gasteiger partial charge on any atom is 0.143 e. The van der Waals surface area contributed by atoms with Crippen molar-refractivity contribution in [1.82, 2.24) is 10.3 Å². The summed E-state index contributed by atoms with van der Waals surface area (Å²) < 4.78 is 5.83. The molecule has 0 aliphatic rings. The first-order valence-electron chi connectivity index (χ1n) is 6.32. The van der Waals surface area contributed by atoms with Crippen LogP contribution in [0.3, 0.4) is 0 Å². The van der Waals surface area contributed by atoms with Gasteiger partial charge in [-0.25, -0.2) is 4.98 Å². The highest BCUT2D eigenvalue weighted by Gasteiger charge is 2.11. The third-order valence-corrected chi connectivity index (χ3v) is 4.26. The maximum absolute atomic E-state index is 6.21. The summed E-state index contributed by atoms with van der Waals surface area (Å²) in [7, 11) is 1.87. The monoisotopic (exact) mass is 330 g/mol. The molecule has 1 heterocycles. The molecule has 0 aliphatic heterocycles. The third-order valence-electron chi connectivity index (χ3n) is 2.72. The predicted octanol–water partition coefficient (Wildman–Crippen LogP) is 4.31. The minimum atomic E-state index is 0.411. The fourth-order valence-corrected chi connectivity index (χ4v) is 3.14. The normalized spacial score (nSPS) is 10.8. The predicted molar refractivity (Wildman–Crippen MR) is 85.0 cm³/mol. The van der Waals surface area contributed by atoms with Gasteiger partial charge in [0.2, 0.25) is 0 Å². The Balaban J connectivity index is 2.15. The van der Waals surface area contributed by atoms with E-state index in [1.807, 2.05) is 18.5 Å². The van der Waals surface area contributed by atoms with Crippen molar-refractivity contribution in [3.63, 3.8) is 0 Å². The second-order valence-electron chi connectivity index (χ2n) is 4.28. The molecule has 1 aromatic carbocycles. The lowest BCUT2D eigenvalue weighted by Gasteiger charge is -2.13. The van der Waals surface area contributed by atoms with Crippen LogP contribution in [0.4, 0.5) is 0 Å². The van der Waals surface area contributed by atoms with E-state index in [9.17, 15) is 0 Å². The van der Waals surface area contributed by atoms with Gasteiger partial charge in [-0.15, -0.1) is 11.3 Å². The molecule has 1 N–H and O–H groups in total. The zero-order valence-corrected chi connectivity index (χ0v) is 13.7. The zero-order valence-electron chi connectivity index (χ0n) is 11.4. The lowest BCUT2D eigenvalue weighted by Crippen LogP contribution is -2.08. The van der Waals surface area contributed by atoms with Gasteiger partial charge in [0.25, 0.3) is 0 Å². The Morgan fingerprint density at radius 2 is 2.15 bits per heavy atom. The Hall–Kier alpha value is -0.810. The summed E-state index contributed by atoms with van der Waals surface area (Å²) in [5.74, 6) is 0.663. The highest BCUT2D eigenvalue weighted by Crippen LogP contribution is 2.33. The van der Waals surface area contributed by atoms with Gasteiger partial charge in [-0.2, -0.15) is 0 Å². The van der Waals surface area contributed by atoms with Crippen molar-refractivity contribution in [3.05, 3.63) is 43.8 Å². The van der Waals surface area contributed by atoms with Crippen LogP contribution in [-0.4, -0.2) is 12.0 Å². The molecule has 0 bridgehead atoms. The van der Waals surface area contributed by atoms with E-state index in [1.165, 1.54) is 0 Å². The van der Waals surface area contributed by atoms with Gasteiger partial charge in [-0.05, 0) is 25.6 Å². The molecule has 0 fully saturated rings. The molecule has 0 atom stereocenters. The summed E-state index contributed by atoms with van der Waals surface area (Å²) in [6, 6.07) is 3.55. The third kappa shape index (κ3) is 3.85. The first-order chi connectivity index (χ1) is 9.63. The average Bonchev–Trinajstić information content (AvgIpc) is 2.86. The minimum Gasteiger partial charge on any atom is -0.485 e. The van der Waals surface area contributed by atoms with Gasteiger partial charge in [0.05, 0.1) is 15.7 Å². The topological polar surface area (TPSA) is 34.1 Å². The van der Waals surface area contributed by atoms with Crippen molar-refractivity contribution >= 4 is 34.5 Å². The summed E-state index contributed by atoms with van der Waals surface area (Å²) in [6.07, 6.45) is 0.942. The molecule has 1 aromatic heterocycles. The largest absolute Gasteiger partial charge is 0.485 e. The number of rotatable bonds is 6. The van der Waals surface area contributed by atoms with Crippen LogP contribution < -0.4 is 10.1 Å². The number of benzene rings is 1. The Bertz CT molecular complexity index is 587. The van der Waals surface area contributed by atoms with E-state index in [1.54, 1.807) is 17.4 Å². The van der Waals surface area contributed by atoms with Crippen molar-refractivity contribution in [3.8, 4) is 5.75 Å². The Labute approximate surface area is 132 Å². The molecule has 6 heteroatoms. The van der Waals surface area contributed by atoms with Gasteiger partial charge in [-0.3, -0.25) is 0 Å². The van der Waals surface area contributed by atoms with E-state index < -0.39 is 0 Å². The molecule has 2 aromatic rings. The van der Waals surface area contributed by atoms with Crippen molar-refractivity contribution < 1.29 is 4.74 Å². The lowest BCUT2D eigenvalue weighted by molar-refractivity contribution is 0.298. The standard InChI is InChI=1S/C14H16Cl2N2OS/c1-3-13-18-11(8-20-13)7-19-14-9(6-17-2)4-10(15)5-12(14)16/h4-5,8,17H,3,6-7H2,1-2H3. The summed E-state index contributed by atoms with van der Waals surface area (Å²) in [6.45, 7) is 3.14. The summed E-state index contributed by atoms with van der Waals surface area (Å²) in [5, 5.41) is 7.33. The molecular weight excluding hydrogens is 315 g/mol. The molecule has 3 nitrogen and oxygen atoms in total. The summed E-state index contributed by atoms with van der Waals surface area (Å²) in [4.78, 5) is 4.48. The number of thiazole rings is 1. The quantitative estimate of drug-likeness (QED) is 0.856. The Morgan fingerprint density at radius 1 is 1.35 bits per heavy atom. The number of halogens is 2. The van der Waals surface area contributed by atoms with Crippen LogP contribution >= 0.6 is 34.5 Å². The lowest BCUT2D eigenvalue weighted by atomic mass is 10.2. The minimum absolute atomic E-state index is 0.411. The van der Waals surface area contributed by atoms with Crippen LogP contribution in [0.15, 0.2) is 17.5 Å². The number of ether oxygens (including phenoxy) is 1. The van der Waals surface area contributed by atoms with Gasteiger partial charge < -0.3 is 10.1 Å². The number of nitrogens with zero attached hydrogens (tertiary/aromatic N) is 1. The summed E-state index contributed by atoms with van der Waals surface area (Å²) >= 11 is 13.9. The fraction of sp³-hybridized carbons (Fsp3) is 0.357. The number of aromatic nitrogens is 1. The van der Waals surface area contributed by atoms with E-state index in [4.69, 9.17) is 27.9 Å². The van der Waals surface area contributed by atoms with Crippen LogP contribution in [-0.2, 0) is 19.6 Å². The van der Waals surface area contributed by atoms with Gasteiger partial charge >= 0.3 is 0 Å². The first kappa shape index (κ1) is 15.6. The van der Waals surface area contributed by atoms with E-state index >= 15 is 0 Å².